The molecule has 0 spiro atoms. The molecule has 1 rings (SSSR count). The van der Waals surface area contributed by atoms with Gasteiger partial charge in [-0.1, -0.05) is 0 Å². The number of alkyl halides is 3. The summed E-state index contributed by atoms with van der Waals surface area (Å²) in [4.78, 5) is 11.2. The average Bonchev–Trinajstić information content (AvgIpc) is 2.20. The van der Waals surface area contributed by atoms with Gasteiger partial charge in [0.15, 0.2) is 0 Å². The van der Waals surface area contributed by atoms with Crippen LogP contribution in [0.15, 0.2) is 22.7 Å². The molecule has 3 nitrogen and oxygen atoms in total. The minimum atomic E-state index is -4.43. The number of benzene rings is 1. The Balaban J connectivity index is 2.95. The molecular weight excluding hydrogens is 301 g/mol. The molecule has 0 aliphatic carbocycles. The van der Waals surface area contributed by atoms with E-state index in [1.807, 2.05) is 0 Å². The standard InChI is InChI=1S/C10H10BrF3N2O/c1-2-15-9(17)16-8-5-6(10(12,13)14)3-4-7(8)11/h3-5H,2H2,1H3,(H2,15,16,17). The largest absolute Gasteiger partial charge is 0.416 e. The molecule has 1 aromatic rings. The van der Waals surface area contributed by atoms with Gasteiger partial charge in [-0.15, -0.1) is 0 Å². The van der Waals surface area contributed by atoms with Crippen LogP contribution in [-0.4, -0.2) is 12.6 Å². The summed E-state index contributed by atoms with van der Waals surface area (Å²) in [7, 11) is 0. The summed E-state index contributed by atoms with van der Waals surface area (Å²) in [5.41, 5.74) is -0.738. The van der Waals surface area contributed by atoms with Crippen molar-refractivity contribution in [2.45, 2.75) is 13.1 Å². The van der Waals surface area contributed by atoms with E-state index in [0.29, 0.717) is 11.0 Å². The zero-order valence-electron chi connectivity index (χ0n) is 8.86. The second kappa shape index (κ2) is 5.39. The normalized spacial score (nSPS) is 11.1. The summed E-state index contributed by atoms with van der Waals surface area (Å²) in [5, 5.41) is 4.75. The zero-order valence-corrected chi connectivity index (χ0v) is 10.4. The lowest BCUT2D eigenvalue weighted by atomic mass is 10.2. The van der Waals surface area contributed by atoms with E-state index in [1.54, 1.807) is 6.92 Å². The number of halogens is 4. The monoisotopic (exact) mass is 310 g/mol. The Kier molecular flexibility index (Phi) is 4.39. The molecule has 7 heteroatoms. The van der Waals surface area contributed by atoms with Crippen LogP contribution in [0.1, 0.15) is 12.5 Å². The molecule has 0 aliphatic rings. The van der Waals surface area contributed by atoms with Crippen LogP contribution in [0.3, 0.4) is 0 Å². The van der Waals surface area contributed by atoms with Gasteiger partial charge < -0.3 is 10.6 Å². The number of carbonyl (C=O) groups excluding carboxylic acids is 1. The quantitative estimate of drug-likeness (QED) is 0.861. The topological polar surface area (TPSA) is 41.1 Å². The summed E-state index contributed by atoms with van der Waals surface area (Å²) < 4.78 is 37.7. The predicted octanol–water partition coefficient (Wildman–Crippen LogP) is 3.61. The summed E-state index contributed by atoms with van der Waals surface area (Å²) >= 11 is 3.07. The molecule has 2 amide bonds. The number of hydrogen-bond acceptors (Lipinski definition) is 1. The zero-order chi connectivity index (χ0) is 13.1. The third kappa shape index (κ3) is 3.92. The van der Waals surface area contributed by atoms with E-state index >= 15 is 0 Å². The molecule has 0 saturated carbocycles. The van der Waals surface area contributed by atoms with Gasteiger partial charge in [0.25, 0.3) is 0 Å². The highest BCUT2D eigenvalue weighted by atomic mass is 79.9. The number of hydrogen-bond donors (Lipinski definition) is 2. The lowest BCUT2D eigenvalue weighted by Crippen LogP contribution is -2.28. The van der Waals surface area contributed by atoms with Crippen LogP contribution in [0.4, 0.5) is 23.7 Å². The lowest BCUT2D eigenvalue weighted by Gasteiger charge is -2.11. The fourth-order valence-electron chi connectivity index (χ4n) is 1.12. The molecule has 1 aromatic carbocycles. The Bertz CT molecular complexity index is 421. The van der Waals surface area contributed by atoms with Crippen molar-refractivity contribution in [2.24, 2.45) is 0 Å². The van der Waals surface area contributed by atoms with Crippen LogP contribution in [-0.2, 0) is 6.18 Å². The first-order valence-electron chi connectivity index (χ1n) is 4.76. The molecule has 0 unspecified atom stereocenters. The van der Waals surface area contributed by atoms with Gasteiger partial charge >= 0.3 is 12.2 Å². The van der Waals surface area contributed by atoms with Crippen LogP contribution in [0.2, 0.25) is 0 Å². The molecule has 0 fully saturated rings. The maximum Gasteiger partial charge on any atom is 0.416 e. The maximum atomic E-state index is 12.4. The average molecular weight is 311 g/mol. The molecule has 0 aliphatic heterocycles. The minimum absolute atomic E-state index is 0.0748. The highest BCUT2D eigenvalue weighted by molar-refractivity contribution is 9.10. The summed E-state index contributed by atoms with van der Waals surface area (Å²) in [6.45, 7) is 2.10. The van der Waals surface area contributed by atoms with Crippen molar-refractivity contribution in [3.63, 3.8) is 0 Å². The molecule has 94 valence electrons. The van der Waals surface area contributed by atoms with E-state index in [-0.39, 0.29) is 5.69 Å². The van der Waals surface area contributed by atoms with Crippen LogP contribution < -0.4 is 10.6 Å². The van der Waals surface area contributed by atoms with E-state index in [0.717, 1.165) is 12.1 Å². The van der Waals surface area contributed by atoms with Crippen molar-refractivity contribution in [2.75, 3.05) is 11.9 Å². The Morgan fingerprint density at radius 3 is 2.59 bits per heavy atom. The van der Waals surface area contributed by atoms with E-state index < -0.39 is 17.8 Å². The third-order valence-corrected chi connectivity index (χ3v) is 2.57. The molecule has 0 bridgehead atoms. The van der Waals surface area contributed by atoms with Gasteiger partial charge in [-0.3, -0.25) is 0 Å². The number of amides is 2. The first-order chi connectivity index (χ1) is 7.84. The van der Waals surface area contributed by atoms with Crippen molar-refractivity contribution < 1.29 is 18.0 Å². The number of nitrogens with one attached hydrogen (secondary N) is 2. The lowest BCUT2D eigenvalue weighted by molar-refractivity contribution is -0.137. The number of urea groups is 1. The highest BCUT2D eigenvalue weighted by Crippen LogP contribution is 2.33. The second-order valence-corrected chi connectivity index (χ2v) is 4.03. The molecule has 2 N–H and O–H groups in total. The molecule has 0 heterocycles. The van der Waals surface area contributed by atoms with Crippen molar-refractivity contribution in [3.8, 4) is 0 Å². The fourth-order valence-corrected chi connectivity index (χ4v) is 1.47. The van der Waals surface area contributed by atoms with Crippen molar-refractivity contribution >= 4 is 27.6 Å². The Morgan fingerprint density at radius 2 is 2.06 bits per heavy atom. The predicted molar refractivity (Wildman–Crippen MR) is 61.8 cm³/mol. The van der Waals surface area contributed by atoms with E-state index in [9.17, 15) is 18.0 Å². The molecule has 0 aromatic heterocycles. The van der Waals surface area contributed by atoms with Crippen LogP contribution in [0.5, 0.6) is 0 Å². The fraction of sp³-hybridized carbons (Fsp3) is 0.300. The number of rotatable bonds is 2. The second-order valence-electron chi connectivity index (χ2n) is 3.18. The molecule has 17 heavy (non-hydrogen) atoms. The van der Waals surface area contributed by atoms with Crippen molar-refractivity contribution in [1.82, 2.24) is 5.32 Å². The molecule has 0 saturated heterocycles. The molecule has 0 radical (unpaired) electrons. The highest BCUT2D eigenvalue weighted by Gasteiger charge is 2.31. The minimum Gasteiger partial charge on any atom is -0.338 e. The smallest absolute Gasteiger partial charge is 0.338 e. The summed E-state index contributed by atoms with van der Waals surface area (Å²) in [6.07, 6.45) is -4.43. The van der Waals surface area contributed by atoms with Crippen LogP contribution in [0.25, 0.3) is 0 Å². The van der Waals surface area contributed by atoms with Gasteiger partial charge in [0.2, 0.25) is 0 Å². The number of anilines is 1. The van der Waals surface area contributed by atoms with Gasteiger partial charge in [0.05, 0.1) is 11.3 Å². The van der Waals surface area contributed by atoms with E-state index in [4.69, 9.17) is 0 Å². The Labute approximate surface area is 105 Å². The maximum absolute atomic E-state index is 12.4. The summed E-state index contributed by atoms with van der Waals surface area (Å²) in [6, 6.07) is 2.50. The van der Waals surface area contributed by atoms with Crippen LogP contribution in [0, 0.1) is 0 Å². The van der Waals surface area contributed by atoms with Gasteiger partial charge in [0.1, 0.15) is 0 Å². The van der Waals surface area contributed by atoms with Crippen molar-refractivity contribution in [3.05, 3.63) is 28.2 Å². The van der Waals surface area contributed by atoms with Gasteiger partial charge in [-0.2, -0.15) is 13.2 Å². The third-order valence-electron chi connectivity index (χ3n) is 1.88. The van der Waals surface area contributed by atoms with Crippen molar-refractivity contribution in [1.29, 1.82) is 0 Å². The van der Waals surface area contributed by atoms with Gasteiger partial charge in [-0.25, -0.2) is 4.79 Å². The first kappa shape index (κ1) is 13.8. The van der Waals surface area contributed by atoms with E-state index in [2.05, 4.69) is 26.6 Å². The SMILES string of the molecule is CCNC(=O)Nc1cc(C(F)(F)F)ccc1Br. The van der Waals surface area contributed by atoms with E-state index in [1.165, 1.54) is 6.07 Å². The number of carbonyl (C=O) groups is 1. The Hall–Kier alpha value is -1.24. The first-order valence-corrected chi connectivity index (χ1v) is 5.55. The Morgan fingerprint density at radius 1 is 1.41 bits per heavy atom. The van der Waals surface area contributed by atoms with Gasteiger partial charge in [-0.05, 0) is 41.1 Å². The molecular formula is C10H10BrF3N2O. The summed E-state index contributed by atoms with van der Waals surface area (Å²) in [5.74, 6) is 0. The van der Waals surface area contributed by atoms with Crippen LogP contribution >= 0.6 is 15.9 Å². The molecule has 0 atom stereocenters. The van der Waals surface area contributed by atoms with Gasteiger partial charge in [0, 0.05) is 11.0 Å².